The third-order valence-electron chi connectivity index (χ3n) is 3.87. The molecule has 0 aromatic heterocycles. The Kier molecular flexibility index (Phi) is 5.69. The molecule has 1 aliphatic rings. The zero-order valence-electron chi connectivity index (χ0n) is 12.4. The van der Waals surface area contributed by atoms with E-state index in [1.807, 2.05) is 6.07 Å². The number of aliphatic carboxylic acids is 1. The van der Waals surface area contributed by atoms with Crippen molar-refractivity contribution in [1.29, 1.82) is 0 Å². The van der Waals surface area contributed by atoms with Gasteiger partial charge < -0.3 is 30.3 Å². The molecule has 0 spiro atoms. The fourth-order valence-corrected chi connectivity index (χ4v) is 2.41. The summed E-state index contributed by atoms with van der Waals surface area (Å²) in [6, 6.07) is 7.92. The molecule has 0 radical (unpaired) electrons. The minimum Gasteiger partial charge on any atom is -0.480 e. The van der Waals surface area contributed by atoms with Gasteiger partial charge in [0.15, 0.2) is 0 Å². The number of ether oxygens (including phenoxy) is 1. The van der Waals surface area contributed by atoms with E-state index in [-0.39, 0.29) is 13.0 Å². The normalized spacial score (nSPS) is 32.4. The zero-order chi connectivity index (χ0) is 17.0. The van der Waals surface area contributed by atoms with Crippen molar-refractivity contribution >= 4 is 5.97 Å². The number of carboxylic acids is 1. The molecule has 1 fully saturated rings. The lowest BCUT2D eigenvalue weighted by atomic mass is 9.96. The van der Waals surface area contributed by atoms with Gasteiger partial charge in [0, 0.05) is 0 Å². The third kappa shape index (κ3) is 4.25. The lowest BCUT2D eigenvalue weighted by Gasteiger charge is -2.42. The number of hydrogen-bond acceptors (Lipinski definition) is 7. The van der Waals surface area contributed by atoms with Gasteiger partial charge >= 0.3 is 5.97 Å². The first-order valence-electron chi connectivity index (χ1n) is 7.24. The molecule has 0 bridgehead atoms. The second kappa shape index (κ2) is 7.35. The summed E-state index contributed by atoms with van der Waals surface area (Å²) in [5.41, 5.74) is 0.792. The molecule has 0 unspecified atom stereocenters. The van der Waals surface area contributed by atoms with E-state index in [4.69, 9.17) is 4.74 Å². The number of hydrogen-bond donors (Lipinski definition) is 6. The van der Waals surface area contributed by atoms with Crippen LogP contribution in [0.4, 0.5) is 0 Å². The zero-order valence-corrected chi connectivity index (χ0v) is 12.4. The fourth-order valence-electron chi connectivity index (χ4n) is 2.41. The van der Waals surface area contributed by atoms with Crippen LogP contribution in [0.25, 0.3) is 0 Å². The maximum atomic E-state index is 11.3. The van der Waals surface area contributed by atoms with Crippen molar-refractivity contribution in [2.45, 2.75) is 36.6 Å². The molecule has 1 aliphatic heterocycles. The van der Waals surface area contributed by atoms with Gasteiger partial charge in [-0.1, -0.05) is 30.3 Å². The summed E-state index contributed by atoms with van der Waals surface area (Å²) in [6.45, 7) is -0.783. The van der Waals surface area contributed by atoms with Crippen LogP contribution in [0, 0.1) is 0 Å². The lowest BCUT2D eigenvalue weighted by molar-refractivity contribution is -0.318. The van der Waals surface area contributed by atoms with Gasteiger partial charge in [0.2, 0.25) is 5.79 Å². The number of aliphatic hydroxyl groups is 4. The summed E-state index contributed by atoms with van der Waals surface area (Å²) in [7, 11) is 0. The Balaban J connectivity index is 1.99. The van der Waals surface area contributed by atoms with Gasteiger partial charge in [0.25, 0.3) is 0 Å². The summed E-state index contributed by atoms with van der Waals surface area (Å²) in [6.07, 6.45) is -4.48. The number of rotatable bonds is 6. The van der Waals surface area contributed by atoms with Gasteiger partial charge in [-0.25, -0.2) is 0 Å². The van der Waals surface area contributed by atoms with Crippen molar-refractivity contribution in [2.24, 2.45) is 0 Å². The molecule has 0 amide bonds. The first-order chi connectivity index (χ1) is 10.8. The van der Waals surface area contributed by atoms with E-state index in [2.05, 4.69) is 5.32 Å². The molecule has 1 saturated heterocycles. The van der Waals surface area contributed by atoms with Gasteiger partial charge in [-0.05, 0) is 12.0 Å². The Labute approximate surface area is 133 Å². The highest BCUT2D eigenvalue weighted by atomic mass is 16.6. The Bertz CT molecular complexity index is 526. The average molecular weight is 327 g/mol. The molecule has 23 heavy (non-hydrogen) atoms. The van der Waals surface area contributed by atoms with E-state index >= 15 is 0 Å². The Morgan fingerprint density at radius 2 is 1.96 bits per heavy atom. The van der Waals surface area contributed by atoms with Gasteiger partial charge in [-0.15, -0.1) is 0 Å². The van der Waals surface area contributed by atoms with Crippen molar-refractivity contribution in [3.05, 3.63) is 35.9 Å². The summed E-state index contributed by atoms with van der Waals surface area (Å²) < 4.78 is 4.98. The third-order valence-corrected chi connectivity index (χ3v) is 3.87. The maximum absolute atomic E-state index is 11.3. The summed E-state index contributed by atoms with van der Waals surface area (Å²) in [4.78, 5) is 11.3. The smallest absolute Gasteiger partial charge is 0.321 e. The quantitative estimate of drug-likeness (QED) is 0.355. The van der Waals surface area contributed by atoms with Crippen molar-refractivity contribution in [3.8, 4) is 0 Å². The number of carbonyl (C=O) groups is 1. The van der Waals surface area contributed by atoms with E-state index in [9.17, 15) is 30.3 Å². The SMILES string of the molecule is O=C(O)[C@H](Cc1ccccc1)NC[C@@]1(O)OC[C@@H](O)[C@@H](O)[C@@H]1O. The number of aliphatic hydroxyl groups excluding tert-OH is 3. The van der Waals surface area contributed by atoms with E-state index in [1.165, 1.54) is 0 Å². The van der Waals surface area contributed by atoms with Crippen LogP contribution in [0.1, 0.15) is 5.56 Å². The van der Waals surface area contributed by atoms with Crippen molar-refractivity contribution in [2.75, 3.05) is 13.2 Å². The number of benzene rings is 1. The highest BCUT2D eigenvalue weighted by molar-refractivity contribution is 5.73. The average Bonchev–Trinajstić information content (AvgIpc) is 2.54. The molecule has 1 heterocycles. The molecule has 2 rings (SSSR count). The van der Waals surface area contributed by atoms with Gasteiger partial charge in [0.1, 0.15) is 24.4 Å². The lowest BCUT2D eigenvalue weighted by Crippen LogP contribution is -2.65. The second-order valence-corrected chi connectivity index (χ2v) is 5.62. The summed E-state index contributed by atoms with van der Waals surface area (Å²) >= 11 is 0. The van der Waals surface area contributed by atoms with Crippen molar-refractivity contribution < 1.29 is 35.1 Å². The van der Waals surface area contributed by atoms with Crippen LogP contribution in [-0.4, -0.2) is 74.8 Å². The molecule has 1 aromatic carbocycles. The van der Waals surface area contributed by atoms with Crippen LogP contribution in [0.2, 0.25) is 0 Å². The molecule has 6 N–H and O–H groups in total. The first kappa shape index (κ1) is 17.8. The van der Waals surface area contributed by atoms with E-state index in [0.717, 1.165) is 5.56 Å². The van der Waals surface area contributed by atoms with Crippen LogP contribution in [0.15, 0.2) is 30.3 Å². The van der Waals surface area contributed by atoms with Crippen molar-refractivity contribution in [3.63, 3.8) is 0 Å². The number of carboxylic acid groups (broad SMARTS) is 1. The molecule has 0 aliphatic carbocycles. The van der Waals surface area contributed by atoms with Crippen LogP contribution in [-0.2, 0) is 16.0 Å². The van der Waals surface area contributed by atoms with Crippen LogP contribution < -0.4 is 5.32 Å². The monoisotopic (exact) mass is 327 g/mol. The van der Waals surface area contributed by atoms with Gasteiger partial charge in [-0.3, -0.25) is 10.1 Å². The standard InChI is InChI=1S/C15H21NO7/c17-11-7-23-15(22,13(19)12(11)18)8-16-10(14(20)21)6-9-4-2-1-3-5-9/h1-5,10-13,16-19,22H,6-8H2,(H,20,21)/t10-,11+,12+,13-,15+/m0/s1. The van der Waals surface area contributed by atoms with Crippen molar-refractivity contribution in [1.82, 2.24) is 5.32 Å². The largest absolute Gasteiger partial charge is 0.480 e. The van der Waals surface area contributed by atoms with E-state index in [0.29, 0.717) is 0 Å². The Morgan fingerprint density at radius 1 is 1.30 bits per heavy atom. The molecule has 1 aromatic rings. The van der Waals surface area contributed by atoms with Crippen LogP contribution in [0.5, 0.6) is 0 Å². The summed E-state index contributed by atoms with van der Waals surface area (Å²) in [5.74, 6) is -3.30. The Hall–Kier alpha value is -1.55. The Morgan fingerprint density at radius 3 is 2.57 bits per heavy atom. The van der Waals surface area contributed by atoms with E-state index < -0.39 is 42.7 Å². The number of nitrogens with one attached hydrogen (secondary N) is 1. The molecule has 128 valence electrons. The predicted octanol–water partition coefficient (Wildman–Crippen LogP) is -1.93. The highest BCUT2D eigenvalue weighted by Crippen LogP contribution is 2.23. The minimum atomic E-state index is -2.18. The first-order valence-corrected chi connectivity index (χ1v) is 7.24. The van der Waals surface area contributed by atoms with Gasteiger partial charge in [-0.2, -0.15) is 0 Å². The van der Waals surface area contributed by atoms with Gasteiger partial charge in [0.05, 0.1) is 13.2 Å². The topological polar surface area (TPSA) is 139 Å². The summed E-state index contributed by atoms with van der Waals surface area (Å²) in [5, 5.41) is 50.9. The highest BCUT2D eigenvalue weighted by Gasteiger charge is 2.48. The van der Waals surface area contributed by atoms with Crippen LogP contribution in [0.3, 0.4) is 0 Å². The molecular weight excluding hydrogens is 306 g/mol. The fraction of sp³-hybridized carbons (Fsp3) is 0.533. The predicted molar refractivity (Wildman–Crippen MR) is 78.5 cm³/mol. The van der Waals surface area contributed by atoms with Crippen LogP contribution >= 0.6 is 0 Å². The molecule has 8 nitrogen and oxygen atoms in total. The molecule has 5 atom stereocenters. The molecular formula is C15H21NO7. The molecule has 0 saturated carbocycles. The molecule has 8 heteroatoms. The minimum absolute atomic E-state index is 0.174. The van der Waals surface area contributed by atoms with E-state index in [1.54, 1.807) is 24.3 Å². The maximum Gasteiger partial charge on any atom is 0.321 e. The second-order valence-electron chi connectivity index (χ2n) is 5.62.